The number of carboxylic acids is 1. The Morgan fingerprint density at radius 1 is 0.973 bits per heavy atom. The molecule has 7 N–H and O–H groups in total. The van der Waals surface area contributed by atoms with Crippen molar-refractivity contribution in [1.82, 2.24) is 26.2 Å². The number of carboxylic acid groups (broad SMARTS) is 1. The molecule has 0 spiro atoms. The van der Waals surface area contributed by atoms with Gasteiger partial charge in [0, 0.05) is 26.8 Å². The molecule has 2 heterocycles. The van der Waals surface area contributed by atoms with Crippen LogP contribution in [-0.4, -0.2) is 130 Å². The van der Waals surface area contributed by atoms with Gasteiger partial charge in [-0.3, -0.25) is 9.59 Å². The van der Waals surface area contributed by atoms with E-state index >= 15 is 0 Å². The zero-order chi connectivity index (χ0) is 27.7. The maximum Gasteiger partial charge on any atom is 0.318 e. The Morgan fingerprint density at radius 2 is 1.57 bits per heavy atom. The van der Waals surface area contributed by atoms with Crippen molar-refractivity contribution in [2.45, 2.75) is 44.2 Å². The molecule has 2 rings (SSSR count). The first-order chi connectivity index (χ1) is 17.9. The summed E-state index contributed by atoms with van der Waals surface area (Å²) in [6.45, 7) is 3.68. The van der Waals surface area contributed by atoms with Crippen molar-refractivity contribution < 1.29 is 43.6 Å². The van der Waals surface area contributed by atoms with Gasteiger partial charge in [-0.25, -0.2) is 20.9 Å². The van der Waals surface area contributed by atoms with Gasteiger partial charge in [0.1, 0.15) is 25.8 Å². The lowest BCUT2D eigenvalue weighted by atomic mass is 10.2. The zero-order valence-corrected chi connectivity index (χ0v) is 21.6. The molecule has 37 heavy (non-hydrogen) atoms. The fraction of sp³-hybridized carbons (Fsp3) is 0.818. The van der Waals surface area contributed by atoms with Gasteiger partial charge < -0.3 is 45.1 Å². The molecular formula is C22H44N6O9. The van der Waals surface area contributed by atoms with Crippen molar-refractivity contribution in [1.29, 1.82) is 0 Å². The molecule has 2 aliphatic heterocycles. The van der Waals surface area contributed by atoms with Crippen molar-refractivity contribution >= 4 is 24.4 Å². The Morgan fingerprint density at radius 3 is 2.05 bits per heavy atom. The highest BCUT2D eigenvalue weighted by atomic mass is 16.5. The topological polar surface area (TPSA) is 205 Å². The van der Waals surface area contributed by atoms with Crippen molar-refractivity contribution in [3.05, 3.63) is 0 Å². The van der Waals surface area contributed by atoms with Gasteiger partial charge in [-0.15, -0.1) is 0 Å². The number of aliphatic carboxylic acids is 1. The fourth-order valence-corrected chi connectivity index (χ4v) is 3.26. The molecule has 0 bridgehead atoms. The molecule has 0 aromatic heterocycles. The van der Waals surface area contributed by atoms with Crippen LogP contribution in [0, 0.1) is 0 Å². The summed E-state index contributed by atoms with van der Waals surface area (Å²) in [4.78, 5) is 42.8. The second kappa shape index (κ2) is 24.3. The highest BCUT2D eigenvalue weighted by molar-refractivity contribution is 5.77. The number of aliphatic hydroxyl groups is 1. The standard InChI is InChI=1S/C11H21N3O4.C7H12N2O3.C4H11NO2/c1-17-5-6-18-9-12-11(16)7-13-14-4-2-3-10(14)8-15;10-5-6-2-1-3-9(6)8-4-7(11)12;5-4-7-3-1-2-6/h8,10,13H,2-7,9H2,1H3,(H,12,16);5-6,8H,1-4H2,(H,11,12);6H,1-5H2/t10-;6-;/m00./s1. The minimum atomic E-state index is -0.911. The quantitative estimate of drug-likeness (QED) is 0.0642. The molecular weight excluding hydrogens is 492 g/mol. The Balaban J connectivity index is 0.000000586. The first-order valence-corrected chi connectivity index (χ1v) is 12.3. The van der Waals surface area contributed by atoms with Crippen LogP contribution in [0.4, 0.5) is 0 Å². The number of nitrogens with two attached hydrogens (primary N) is 1. The third kappa shape index (κ3) is 18.8. The molecule has 15 heteroatoms. The first-order valence-electron chi connectivity index (χ1n) is 12.3. The van der Waals surface area contributed by atoms with Gasteiger partial charge in [0.15, 0.2) is 0 Å². The Labute approximate surface area is 217 Å². The van der Waals surface area contributed by atoms with Crippen molar-refractivity contribution in [2.75, 3.05) is 73.2 Å². The molecule has 0 aromatic rings. The van der Waals surface area contributed by atoms with Crippen LogP contribution in [0.5, 0.6) is 0 Å². The lowest BCUT2D eigenvalue weighted by Gasteiger charge is -2.20. The van der Waals surface area contributed by atoms with Crippen LogP contribution in [0.2, 0.25) is 0 Å². The molecule has 1 amide bonds. The average Bonchev–Trinajstić information content (AvgIpc) is 3.56. The number of rotatable bonds is 17. The predicted molar refractivity (Wildman–Crippen MR) is 133 cm³/mol. The van der Waals surface area contributed by atoms with Gasteiger partial charge in [0.25, 0.3) is 0 Å². The fourth-order valence-electron chi connectivity index (χ4n) is 3.26. The van der Waals surface area contributed by atoms with E-state index in [1.165, 1.54) is 0 Å². The van der Waals surface area contributed by atoms with Crippen LogP contribution in [0.25, 0.3) is 0 Å². The highest BCUT2D eigenvalue weighted by Crippen LogP contribution is 2.12. The van der Waals surface area contributed by atoms with E-state index in [1.807, 2.05) is 0 Å². The number of amides is 1. The van der Waals surface area contributed by atoms with Crippen LogP contribution < -0.4 is 21.9 Å². The SMILES string of the molecule is COCCOCNC(=O)CNN1CCC[C@H]1C=O.NCOCCCO.O=C[C@@H]1CCCN1NCC(=O)O. The van der Waals surface area contributed by atoms with Crippen LogP contribution in [-0.2, 0) is 33.4 Å². The van der Waals surface area contributed by atoms with E-state index in [0.29, 0.717) is 26.2 Å². The lowest BCUT2D eigenvalue weighted by Crippen LogP contribution is -2.47. The number of methoxy groups -OCH3 is 1. The minimum absolute atomic E-state index is 0.115. The van der Waals surface area contributed by atoms with Gasteiger partial charge in [0.05, 0.1) is 45.2 Å². The summed E-state index contributed by atoms with van der Waals surface area (Å²) >= 11 is 0. The van der Waals surface area contributed by atoms with E-state index in [-0.39, 0.29) is 51.1 Å². The molecule has 216 valence electrons. The number of nitrogens with one attached hydrogen (secondary N) is 3. The van der Waals surface area contributed by atoms with Gasteiger partial charge in [-0.05, 0) is 32.1 Å². The number of carbonyl (C=O) groups is 4. The van der Waals surface area contributed by atoms with E-state index in [4.69, 9.17) is 30.2 Å². The second-order valence-corrected chi connectivity index (χ2v) is 7.94. The first kappa shape index (κ1) is 34.9. The van der Waals surface area contributed by atoms with Gasteiger partial charge in [-0.2, -0.15) is 0 Å². The molecule has 0 aliphatic carbocycles. The molecule has 2 atom stereocenters. The molecule has 0 radical (unpaired) electrons. The molecule has 15 nitrogen and oxygen atoms in total. The van der Waals surface area contributed by atoms with Gasteiger partial charge >= 0.3 is 5.97 Å². The summed E-state index contributed by atoms with van der Waals surface area (Å²) < 4.78 is 14.6. The van der Waals surface area contributed by atoms with Crippen LogP contribution in [0.3, 0.4) is 0 Å². The van der Waals surface area contributed by atoms with Gasteiger partial charge in [-0.1, -0.05) is 0 Å². The number of nitrogens with zero attached hydrogens (tertiary/aromatic N) is 2. The summed E-state index contributed by atoms with van der Waals surface area (Å²) in [7, 11) is 1.59. The van der Waals surface area contributed by atoms with Crippen molar-refractivity contribution in [3.8, 4) is 0 Å². The summed E-state index contributed by atoms with van der Waals surface area (Å²) in [5.74, 6) is -1.07. The average molecular weight is 537 g/mol. The maximum atomic E-state index is 11.4. The predicted octanol–water partition coefficient (Wildman–Crippen LogP) is -2.57. The molecule has 2 saturated heterocycles. The number of hydrogen-bond acceptors (Lipinski definition) is 13. The summed E-state index contributed by atoms with van der Waals surface area (Å²) in [6, 6.07) is -0.264. The third-order valence-electron chi connectivity index (χ3n) is 5.16. The van der Waals surface area contributed by atoms with Crippen molar-refractivity contribution in [3.63, 3.8) is 0 Å². The number of hydrogen-bond donors (Lipinski definition) is 6. The maximum absolute atomic E-state index is 11.4. The van der Waals surface area contributed by atoms with E-state index in [1.54, 1.807) is 17.1 Å². The Kier molecular flexibility index (Phi) is 22.9. The molecule has 2 fully saturated rings. The third-order valence-corrected chi connectivity index (χ3v) is 5.16. The van der Waals surface area contributed by atoms with E-state index in [9.17, 15) is 19.2 Å². The van der Waals surface area contributed by atoms with Crippen LogP contribution in [0.15, 0.2) is 0 Å². The van der Waals surface area contributed by atoms with E-state index in [2.05, 4.69) is 16.2 Å². The van der Waals surface area contributed by atoms with Crippen LogP contribution in [0.1, 0.15) is 32.1 Å². The normalized spacial score (nSPS) is 19.3. The summed E-state index contributed by atoms with van der Waals surface area (Å²) in [5.41, 5.74) is 10.6. The molecule has 0 aromatic carbocycles. The Hall–Kier alpha value is -2.08. The number of aldehydes is 2. The summed E-state index contributed by atoms with van der Waals surface area (Å²) in [6.07, 6.45) is 6.01. The highest BCUT2D eigenvalue weighted by Gasteiger charge is 2.24. The second-order valence-electron chi connectivity index (χ2n) is 7.94. The van der Waals surface area contributed by atoms with E-state index < -0.39 is 5.97 Å². The van der Waals surface area contributed by atoms with Crippen molar-refractivity contribution in [2.24, 2.45) is 5.73 Å². The lowest BCUT2D eigenvalue weighted by molar-refractivity contribution is -0.137. The zero-order valence-electron chi connectivity index (χ0n) is 21.6. The van der Waals surface area contributed by atoms with Crippen LogP contribution >= 0.6 is 0 Å². The monoisotopic (exact) mass is 536 g/mol. The molecule has 0 saturated carbocycles. The number of ether oxygens (including phenoxy) is 3. The number of aliphatic hydroxyl groups excluding tert-OH is 1. The molecule has 2 aliphatic rings. The number of hydrazine groups is 2. The number of carbonyl (C=O) groups excluding carboxylic acids is 3. The molecule has 0 unspecified atom stereocenters. The Bertz CT molecular complexity index is 613. The smallest absolute Gasteiger partial charge is 0.318 e. The van der Waals surface area contributed by atoms with Gasteiger partial charge in [0.2, 0.25) is 5.91 Å². The summed E-state index contributed by atoms with van der Waals surface area (Å²) in [5, 5.41) is 22.6. The largest absolute Gasteiger partial charge is 0.480 e. The minimum Gasteiger partial charge on any atom is -0.480 e. The van der Waals surface area contributed by atoms with E-state index in [0.717, 1.165) is 51.3 Å².